The van der Waals surface area contributed by atoms with Gasteiger partial charge >= 0.3 is 0 Å². The van der Waals surface area contributed by atoms with E-state index >= 15 is 0 Å². The van der Waals surface area contributed by atoms with Crippen molar-refractivity contribution >= 4 is 18.1 Å². The number of benzene rings is 1. The van der Waals surface area contributed by atoms with Crippen LogP contribution < -0.4 is 5.32 Å². The third kappa shape index (κ3) is 4.27. The average molecular weight is 329 g/mol. The maximum absolute atomic E-state index is 12.2. The van der Waals surface area contributed by atoms with Gasteiger partial charge in [0.05, 0.1) is 6.07 Å². The summed E-state index contributed by atoms with van der Waals surface area (Å²) in [7, 11) is 0. The minimum atomic E-state index is -0.476. The lowest BCUT2D eigenvalue weighted by molar-refractivity contribution is -0.122. The molecule has 23 heavy (non-hydrogen) atoms. The number of nitriles is 1. The quantitative estimate of drug-likeness (QED) is 0.798. The number of amides is 1. The van der Waals surface area contributed by atoms with Gasteiger partial charge < -0.3 is 5.32 Å². The molecule has 2 aromatic rings. The predicted octanol–water partition coefficient (Wildman–Crippen LogP) is 2.72. The zero-order chi connectivity index (χ0) is 16.8. The standard InChI is InChI=1S/C16H19N5OS/c1-3-4-13(9-17)18-14(22)10-21-15(19-20-16(21)23)12-7-5-11(2)6-8-12/h5-8,13H,3-4,10H2,1-2H3,(H,18,22)(H,20,23). The van der Waals surface area contributed by atoms with E-state index in [2.05, 4.69) is 21.6 Å². The molecule has 0 saturated heterocycles. The lowest BCUT2D eigenvalue weighted by Crippen LogP contribution is -2.36. The molecule has 1 atom stereocenters. The number of H-pyrrole nitrogens is 1. The highest BCUT2D eigenvalue weighted by molar-refractivity contribution is 7.71. The Morgan fingerprint density at radius 1 is 1.48 bits per heavy atom. The number of hydrogen-bond donors (Lipinski definition) is 2. The van der Waals surface area contributed by atoms with Gasteiger partial charge in [0.15, 0.2) is 10.6 Å². The van der Waals surface area contributed by atoms with Crippen molar-refractivity contribution in [3.63, 3.8) is 0 Å². The highest BCUT2D eigenvalue weighted by atomic mass is 32.1. The molecular weight excluding hydrogens is 310 g/mol. The molecule has 0 aliphatic rings. The molecular formula is C16H19N5OS. The number of nitrogens with one attached hydrogen (secondary N) is 2. The molecule has 1 heterocycles. The van der Waals surface area contributed by atoms with Gasteiger partial charge in [0.1, 0.15) is 12.6 Å². The van der Waals surface area contributed by atoms with Crippen LogP contribution in [-0.4, -0.2) is 26.7 Å². The maximum Gasteiger partial charge on any atom is 0.241 e. The molecule has 1 aromatic carbocycles. The number of rotatable bonds is 6. The number of aryl methyl sites for hydroxylation is 1. The van der Waals surface area contributed by atoms with E-state index in [1.165, 1.54) is 0 Å². The number of aromatic amines is 1. The van der Waals surface area contributed by atoms with E-state index in [1.807, 2.05) is 38.1 Å². The molecule has 1 amide bonds. The van der Waals surface area contributed by atoms with Gasteiger partial charge in [-0.25, -0.2) is 0 Å². The summed E-state index contributed by atoms with van der Waals surface area (Å²) in [5, 5.41) is 18.7. The fourth-order valence-corrected chi connectivity index (χ4v) is 2.43. The Morgan fingerprint density at radius 2 is 2.17 bits per heavy atom. The number of carbonyl (C=O) groups excluding carboxylic acids is 1. The highest BCUT2D eigenvalue weighted by Crippen LogP contribution is 2.17. The first kappa shape index (κ1) is 16.9. The minimum Gasteiger partial charge on any atom is -0.339 e. The smallest absolute Gasteiger partial charge is 0.241 e. The van der Waals surface area contributed by atoms with E-state index in [0.717, 1.165) is 17.5 Å². The summed E-state index contributed by atoms with van der Waals surface area (Å²) in [5.41, 5.74) is 2.02. The monoisotopic (exact) mass is 329 g/mol. The van der Waals surface area contributed by atoms with Crippen LogP contribution in [0.15, 0.2) is 24.3 Å². The third-order valence-corrected chi connectivity index (χ3v) is 3.75. The Morgan fingerprint density at radius 3 is 2.78 bits per heavy atom. The zero-order valence-corrected chi connectivity index (χ0v) is 14.0. The van der Waals surface area contributed by atoms with E-state index in [-0.39, 0.29) is 12.5 Å². The summed E-state index contributed by atoms with van der Waals surface area (Å²) in [6.07, 6.45) is 1.46. The van der Waals surface area contributed by atoms with Crippen molar-refractivity contribution < 1.29 is 4.79 Å². The molecule has 0 radical (unpaired) electrons. The van der Waals surface area contributed by atoms with Gasteiger partial charge in [-0.3, -0.25) is 14.5 Å². The second kappa shape index (κ2) is 7.70. The molecule has 120 valence electrons. The molecule has 2 rings (SSSR count). The second-order valence-electron chi connectivity index (χ2n) is 5.34. The van der Waals surface area contributed by atoms with Crippen LogP contribution in [0.5, 0.6) is 0 Å². The van der Waals surface area contributed by atoms with Crippen LogP contribution in [0.25, 0.3) is 11.4 Å². The van der Waals surface area contributed by atoms with Crippen molar-refractivity contribution in [1.29, 1.82) is 5.26 Å². The molecule has 0 aliphatic heterocycles. The van der Waals surface area contributed by atoms with E-state index < -0.39 is 6.04 Å². The summed E-state index contributed by atoms with van der Waals surface area (Å²) < 4.78 is 2.01. The normalized spacial score (nSPS) is 11.7. The topological polar surface area (TPSA) is 86.5 Å². The Balaban J connectivity index is 2.19. The predicted molar refractivity (Wildman–Crippen MR) is 90.0 cm³/mol. The largest absolute Gasteiger partial charge is 0.339 e. The highest BCUT2D eigenvalue weighted by Gasteiger charge is 2.15. The van der Waals surface area contributed by atoms with Crippen LogP contribution in [0.2, 0.25) is 0 Å². The van der Waals surface area contributed by atoms with Gasteiger partial charge in [-0.15, -0.1) is 0 Å². The van der Waals surface area contributed by atoms with Crippen LogP contribution in [-0.2, 0) is 11.3 Å². The summed E-state index contributed by atoms with van der Waals surface area (Å²) in [4.78, 5) is 12.2. The van der Waals surface area contributed by atoms with Crippen molar-refractivity contribution in [2.75, 3.05) is 0 Å². The van der Waals surface area contributed by atoms with Crippen LogP contribution >= 0.6 is 12.2 Å². The Labute approximate surface area is 140 Å². The first-order valence-electron chi connectivity index (χ1n) is 7.46. The van der Waals surface area contributed by atoms with Gasteiger partial charge in [0.25, 0.3) is 0 Å². The maximum atomic E-state index is 12.2. The molecule has 6 nitrogen and oxygen atoms in total. The Hall–Kier alpha value is -2.46. The van der Waals surface area contributed by atoms with E-state index in [9.17, 15) is 4.79 Å². The third-order valence-electron chi connectivity index (χ3n) is 3.44. The molecule has 1 unspecified atom stereocenters. The van der Waals surface area contributed by atoms with Crippen LogP contribution in [0.3, 0.4) is 0 Å². The molecule has 0 spiro atoms. The summed E-state index contributed by atoms with van der Waals surface area (Å²) in [5.74, 6) is 0.352. The van der Waals surface area contributed by atoms with Crippen molar-refractivity contribution in [2.24, 2.45) is 0 Å². The molecule has 1 aromatic heterocycles. The summed E-state index contributed by atoms with van der Waals surface area (Å²) >= 11 is 5.21. The van der Waals surface area contributed by atoms with Crippen molar-refractivity contribution in [2.45, 2.75) is 39.3 Å². The molecule has 2 N–H and O–H groups in total. The van der Waals surface area contributed by atoms with E-state index in [4.69, 9.17) is 17.5 Å². The summed E-state index contributed by atoms with van der Waals surface area (Å²) in [6.45, 7) is 4.00. The van der Waals surface area contributed by atoms with Crippen molar-refractivity contribution in [3.8, 4) is 17.5 Å². The fourth-order valence-electron chi connectivity index (χ4n) is 2.23. The van der Waals surface area contributed by atoms with Crippen LogP contribution in [0.4, 0.5) is 0 Å². The zero-order valence-electron chi connectivity index (χ0n) is 13.2. The second-order valence-corrected chi connectivity index (χ2v) is 5.73. The van der Waals surface area contributed by atoms with Crippen LogP contribution in [0.1, 0.15) is 25.3 Å². The molecule has 0 saturated carbocycles. The van der Waals surface area contributed by atoms with Gasteiger partial charge in [0, 0.05) is 5.56 Å². The number of carbonyl (C=O) groups is 1. The number of nitrogens with zero attached hydrogens (tertiary/aromatic N) is 3. The SMILES string of the molecule is CCCC(C#N)NC(=O)Cn1c(-c2ccc(C)cc2)n[nH]c1=S. The number of aromatic nitrogens is 3. The van der Waals surface area contributed by atoms with Gasteiger partial charge in [-0.1, -0.05) is 43.2 Å². The van der Waals surface area contributed by atoms with Crippen LogP contribution in [0, 0.1) is 23.0 Å². The average Bonchev–Trinajstić information content (AvgIpc) is 2.89. The first-order valence-corrected chi connectivity index (χ1v) is 7.87. The number of hydrogen-bond acceptors (Lipinski definition) is 4. The van der Waals surface area contributed by atoms with Gasteiger partial charge in [0.2, 0.25) is 5.91 Å². The molecule has 0 bridgehead atoms. The van der Waals surface area contributed by atoms with Gasteiger partial charge in [-0.2, -0.15) is 10.4 Å². The Bertz CT molecular complexity index is 769. The van der Waals surface area contributed by atoms with E-state index in [0.29, 0.717) is 17.0 Å². The lowest BCUT2D eigenvalue weighted by Gasteiger charge is -2.12. The molecule has 7 heteroatoms. The Kier molecular flexibility index (Phi) is 5.66. The van der Waals surface area contributed by atoms with Crippen molar-refractivity contribution in [3.05, 3.63) is 34.6 Å². The molecule has 0 fully saturated rings. The lowest BCUT2D eigenvalue weighted by atomic mass is 10.1. The minimum absolute atomic E-state index is 0.0282. The van der Waals surface area contributed by atoms with E-state index in [1.54, 1.807) is 4.57 Å². The van der Waals surface area contributed by atoms with Gasteiger partial charge in [-0.05, 0) is 25.6 Å². The molecule has 0 aliphatic carbocycles. The van der Waals surface area contributed by atoms with Crippen molar-refractivity contribution in [1.82, 2.24) is 20.1 Å². The fraction of sp³-hybridized carbons (Fsp3) is 0.375. The summed E-state index contributed by atoms with van der Waals surface area (Å²) in [6, 6.07) is 9.44. The first-order chi connectivity index (χ1) is 11.0.